The molecule has 3 aliphatic rings. The summed E-state index contributed by atoms with van der Waals surface area (Å²) < 4.78 is 15.4. The van der Waals surface area contributed by atoms with Gasteiger partial charge in [-0.3, -0.25) is 14.4 Å². The molecule has 0 radical (unpaired) electrons. The molecular formula is C24H28O7. The van der Waals surface area contributed by atoms with E-state index in [-0.39, 0.29) is 17.7 Å². The molecule has 0 saturated heterocycles. The minimum absolute atomic E-state index is 0.0110. The van der Waals surface area contributed by atoms with Gasteiger partial charge in [0.25, 0.3) is 0 Å². The lowest BCUT2D eigenvalue weighted by Gasteiger charge is -2.48. The number of esters is 3. The van der Waals surface area contributed by atoms with Crippen LogP contribution >= 0.6 is 0 Å². The van der Waals surface area contributed by atoms with Crippen molar-refractivity contribution < 1.29 is 33.4 Å². The average molecular weight is 428 g/mol. The van der Waals surface area contributed by atoms with Crippen LogP contribution in [-0.2, 0) is 35.1 Å². The topological polar surface area (TPSA) is 96.0 Å². The van der Waals surface area contributed by atoms with Crippen LogP contribution in [0, 0.1) is 17.3 Å². The fraction of sp³-hybridized carbons (Fsp3) is 0.583. The maximum atomic E-state index is 13.2. The molecule has 1 aromatic carbocycles. The Balaban J connectivity index is 1.51. The number of Topliss-reactive ketones (excluding diaryl/α,β-unsaturated/α-hetero) is 1. The molecule has 0 aliphatic heterocycles. The van der Waals surface area contributed by atoms with Crippen molar-refractivity contribution in [3.8, 4) is 5.75 Å². The number of benzene rings is 1. The Kier molecular flexibility index (Phi) is 5.62. The van der Waals surface area contributed by atoms with Crippen LogP contribution in [0.1, 0.15) is 63.5 Å². The van der Waals surface area contributed by atoms with E-state index in [1.165, 1.54) is 25.0 Å². The van der Waals surface area contributed by atoms with Gasteiger partial charge in [-0.25, -0.2) is 4.79 Å². The van der Waals surface area contributed by atoms with E-state index < -0.39 is 30.1 Å². The molecule has 0 amide bonds. The van der Waals surface area contributed by atoms with Gasteiger partial charge in [0.2, 0.25) is 0 Å². The van der Waals surface area contributed by atoms with Crippen LogP contribution in [0.2, 0.25) is 0 Å². The Morgan fingerprint density at radius 3 is 2.61 bits per heavy atom. The van der Waals surface area contributed by atoms with Crippen LogP contribution in [0.4, 0.5) is 0 Å². The van der Waals surface area contributed by atoms with Crippen molar-refractivity contribution in [3.63, 3.8) is 0 Å². The van der Waals surface area contributed by atoms with Crippen LogP contribution < -0.4 is 4.74 Å². The summed E-state index contributed by atoms with van der Waals surface area (Å²) in [5.74, 6) is -0.185. The highest BCUT2D eigenvalue weighted by Gasteiger charge is 2.59. The van der Waals surface area contributed by atoms with Gasteiger partial charge >= 0.3 is 17.9 Å². The molecule has 7 heteroatoms. The maximum Gasteiger partial charge on any atom is 0.344 e. The highest BCUT2D eigenvalue weighted by atomic mass is 16.6. The van der Waals surface area contributed by atoms with Gasteiger partial charge in [0.1, 0.15) is 5.75 Å². The van der Waals surface area contributed by atoms with E-state index in [1.807, 2.05) is 19.1 Å². The predicted molar refractivity (Wildman–Crippen MR) is 109 cm³/mol. The minimum Gasteiger partial charge on any atom is -0.454 e. The van der Waals surface area contributed by atoms with E-state index in [0.717, 1.165) is 25.7 Å². The molecule has 0 bridgehead atoms. The molecule has 2 fully saturated rings. The highest BCUT2D eigenvalue weighted by molar-refractivity contribution is 5.93. The van der Waals surface area contributed by atoms with Crippen molar-refractivity contribution in [2.45, 2.75) is 64.9 Å². The summed E-state index contributed by atoms with van der Waals surface area (Å²) in [7, 11) is 0. The van der Waals surface area contributed by atoms with Crippen LogP contribution in [0.15, 0.2) is 18.2 Å². The number of rotatable bonds is 4. The quantitative estimate of drug-likeness (QED) is 0.537. The SMILES string of the molecule is CC(=O)OCC(=O)O[C@H]1C[C@H]2[C@@H]3CCc4cc(OC(C)=O)ccc4[C@H]3CC[C@]2(C)C1=O. The van der Waals surface area contributed by atoms with E-state index in [9.17, 15) is 19.2 Å². The standard InChI is InChI=1S/C24H28O7/c1-13(25)29-12-22(27)31-21-11-20-19-6-4-15-10-16(30-14(2)26)5-7-17(15)18(19)8-9-24(20,3)23(21)28/h5,7,10,18-21H,4,6,8-9,11-12H2,1-3H3/t18-,19-,20+,21+,24+/m1/s1. The Morgan fingerprint density at radius 2 is 1.90 bits per heavy atom. The third-order valence-corrected chi connectivity index (χ3v) is 7.34. The van der Waals surface area contributed by atoms with Crippen LogP contribution in [0.3, 0.4) is 0 Å². The lowest BCUT2D eigenvalue weighted by molar-refractivity contribution is -0.163. The summed E-state index contributed by atoms with van der Waals surface area (Å²) in [6, 6.07) is 5.86. The van der Waals surface area contributed by atoms with Gasteiger partial charge in [0.15, 0.2) is 18.5 Å². The van der Waals surface area contributed by atoms with Gasteiger partial charge in [0, 0.05) is 19.3 Å². The number of carbonyl (C=O) groups excluding carboxylic acids is 4. The van der Waals surface area contributed by atoms with E-state index >= 15 is 0 Å². The zero-order chi connectivity index (χ0) is 22.3. The molecule has 0 unspecified atom stereocenters. The fourth-order valence-electron chi connectivity index (χ4n) is 6.01. The van der Waals surface area contributed by atoms with Gasteiger partial charge in [-0.2, -0.15) is 0 Å². The molecule has 5 atom stereocenters. The van der Waals surface area contributed by atoms with Gasteiger partial charge < -0.3 is 14.2 Å². The van der Waals surface area contributed by atoms with Crippen molar-refractivity contribution in [2.75, 3.05) is 6.61 Å². The second-order valence-electron chi connectivity index (χ2n) is 9.18. The van der Waals surface area contributed by atoms with Crippen molar-refractivity contribution in [2.24, 2.45) is 17.3 Å². The van der Waals surface area contributed by atoms with Gasteiger partial charge in [-0.05, 0) is 73.1 Å². The normalized spacial score (nSPS) is 31.1. The number of hydrogen-bond donors (Lipinski definition) is 0. The number of ether oxygens (including phenoxy) is 3. The summed E-state index contributed by atoms with van der Waals surface area (Å²) in [4.78, 5) is 47.4. The molecule has 2 saturated carbocycles. The maximum absolute atomic E-state index is 13.2. The Morgan fingerprint density at radius 1 is 1.13 bits per heavy atom. The average Bonchev–Trinajstić information content (AvgIpc) is 2.96. The van der Waals surface area contributed by atoms with Crippen molar-refractivity contribution in [1.82, 2.24) is 0 Å². The zero-order valence-electron chi connectivity index (χ0n) is 18.1. The number of fused-ring (bicyclic) bond motifs is 5. The molecule has 0 spiro atoms. The second kappa shape index (κ2) is 8.09. The summed E-state index contributed by atoms with van der Waals surface area (Å²) in [6.45, 7) is 4.16. The van der Waals surface area contributed by atoms with E-state index in [2.05, 4.69) is 6.07 Å². The highest BCUT2D eigenvalue weighted by Crippen LogP contribution is 2.60. The molecule has 166 valence electrons. The summed E-state index contributed by atoms with van der Waals surface area (Å²) in [6.07, 6.45) is 3.21. The number of carbonyl (C=O) groups is 4. The molecule has 0 aromatic heterocycles. The van der Waals surface area contributed by atoms with Gasteiger partial charge in [-0.15, -0.1) is 0 Å². The van der Waals surface area contributed by atoms with E-state index in [1.54, 1.807) is 0 Å². The molecule has 0 heterocycles. The van der Waals surface area contributed by atoms with Crippen LogP contribution in [0.25, 0.3) is 0 Å². The fourth-order valence-corrected chi connectivity index (χ4v) is 6.01. The third kappa shape index (κ3) is 3.98. The largest absolute Gasteiger partial charge is 0.454 e. The van der Waals surface area contributed by atoms with E-state index in [0.29, 0.717) is 24.0 Å². The molecule has 31 heavy (non-hydrogen) atoms. The van der Waals surface area contributed by atoms with Gasteiger partial charge in [0.05, 0.1) is 0 Å². The van der Waals surface area contributed by atoms with Crippen LogP contribution in [-0.4, -0.2) is 36.4 Å². The smallest absolute Gasteiger partial charge is 0.344 e. The first-order valence-corrected chi connectivity index (χ1v) is 10.9. The minimum atomic E-state index is -0.774. The molecule has 0 N–H and O–H groups in total. The number of ketones is 1. The summed E-state index contributed by atoms with van der Waals surface area (Å²) in [5.41, 5.74) is 1.98. The molecular weight excluding hydrogens is 400 g/mol. The first kappa shape index (κ1) is 21.5. The third-order valence-electron chi connectivity index (χ3n) is 7.34. The molecule has 7 nitrogen and oxygen atoms in total. The first-order chi connectivity index (χ1) is 14.7. The number of aryl methyl sites for hydroxylation is 1. The number of hydrogen-bond acceptors (Lipinski definition) is 7. The monoisotopic (exact) mass is 428 g/mol. The Labute approximate surface area is 181 Å². The van der Waals surface area contributed by atoms with Crippen LogP contribution in [0.5, 0.6) is 5.75 Å². The van der Waals surface area contributed by atoms with E-state index in [4.69, 9.17) is 14.2 Å². The summed E-state index contributed by atoms with van der Waals surface area (Å²) in [5, 5.41) is 0. The second-order valence-corrected chi connectivity index (χ2v) is 9.18. The lowest BCUT2D eigenvalue weighted by atomic mass is 9.55. The van der Waals surface area contributed by atoms with Crippen molar-refractivity contribution in [3.05, 3.63) is 29.3 Å². The zero-order valence-corrected chi connectivity index (χ0v) is 18.1. The molecule has 3 aliphatic carbocycles. The van der Waals surface area contributed by atoms with Crippen molar-refractivity contribution >= 4 is 23.7 Å². The lowest BCUT2D eigenvalue weighted by Crippen LogP contribution is -2.43. The Hall–Kier alpha value is -2.70. The first-order valence-electron chi connectivity index (χ1n) is 10.9. The van der Waals surface area contributed by atoms with Gasteiger partial charge in [-0.1, -0.05) is 13.0 Å². The summed E-state index contributed by atoms with van der Waals surface area (Å²) >= 11 is 0. The molecule has 4 rings (SSSR count). The Bertz CT molecular complexity index is 936. The molecule has 1 aromatic rings. The van der Waals surface area contributed by atoms with Crippen molar-refractivity contribution in [1.29, 1.82) is 0 Å². The predicted octanol–water partition coefficient (Wildman–Crippen LogP) is 3.12.